The fourth-order valence-corrected chi connectivity index (χ4v) is 3.72. The van der Waals surface area contributed by atoms with Gasteiger partial charge in [-0.2, -0.15) is 5.10 Å². The fraction of sp³-hybridized carbons (Fsp3) is 0.0833. The van der Waals surface area contributed by atoms with Crippen molar-refractivity contribution in [3.63, 3.8) is 0 Å². The molecule has 0 amide bonds. The van der Waals surface area contributed by atoms with Crippen molar-refractivity contribution in [2.24, 2.45) is 0 Å². The maximum Gasteiger partial charge on any atom is 0.226 e. The summed E-state index contributed by atoms with van der Waals surface area (Å²) in [6.45, 7) is 1.18. The highest BCUT2D eigenvalue weighted by Crippen LogP contribution is 2.27. The van der Waals surface area contributed by atoms with Crippen molar-refractivity contribution in [2.75, 3.05) is 4.90 Å². The number of halogens is 1. The van der Waals surface area contributed by atoms with Crippen LogP contribution in [-0.2, 0) is 13.1 Å². The van der Waals surface area contributed by atoms with Crippen LogP contribution in [0.1, 0.15) is 22.4 Å². The number of hydrogen-bond donors (Lipinski definition) is 1. The van der Waals surface area contributed by atoms with Gasteiger partial charge in [0.05, 0.1) is 6.20 Å². The minimum absolute atomic E-state index is 0.239. The Balaban J connectivity index is 1.26. The molecule has 1 N–H and O–H groups in total. The number of nitrogens with zero attached hydrogens (tertiary/aromatic N) is 7. The van der Waals surface area contributed by atoms with E-state index in [1.807, 2.05) is 11.0 Å². The maximum atomic E-state index is 13.6. The highest BCUT2D eigenvalue weighted by molar-refractivity contribution is 5.75. The molecule has 33 heavy (non-hydrogen) atoms. The van der Waals surface area contributed by atoms with Gasteiger partial charge in [-0.15, -0.1) is 0 Å². The van der Waals surface area contributed by atoms with Crippen LogP contribution in [0.5, 0.6) is 0 Å². The van der Waals surface area contributed by atoms with E-state index in [0.29, 0.717) is 36.3 Å². The smallest absolute Gasteiger partial charge is 0.226 e. The van der Waals surface area contributed by atoms with E-state index in [0.717, 1.165) is 27.7 Å². The summed E-state index contributed by atoms with van der Waals surface area (Å²) in [6, 6.07) is 10.3. The van der Waals surface area contributed by atoms with Crippen LogP contribution in [0.4, 0.5) is 10.3 Å². The number of aromatic amines is 1. The number of fused-ring (bicyclic) bond motifs is 2. The molecule has 5 aromatic rings. The first-order chi connectivity index (χ1) is 16.2. The second-order valence-corrected chi connectivity index (χ2v) is 7.56. The Kier molecular flexibility index (Phi) is 4.47. The summed E-state index contributed by atoms with van der Waals surface area (Å²) < 4.78 is 13.6. The topological polar surface area (TPSA) is 96.4 Å². The zero-order chi connectivity index (χ0) is 22.2. The van der Waals surface area contributed by atoms with Crippen LogP contribution in [0.15, 0.2) is 61.2 Å². The largest absolute Gasteiger partial charge is 0.332 e. The Morgan fingerprint density at radius 3 is 2.76 bits per heavy atom. The van der Waals surface area contributed by atoms with Gasteiger partial charge in [0.2, 0.25) is 5.95 Å². The zero-order valence-electron chi connectivity index (χ0n) is 17.2. The van der Waals surface area contributed by atoms with E-state index in [-0.39, 0.29) is 5.82 Å². The van der Waals surface area contributed by atoms with Gasteiger partial charge in [0.25, 0.3) is 0 Å². The molecule has 1 aromatic carbocycles. The van der Waals surface area contributed by atoms with Crippen LogP contribution < -0.4 is 4.90 Å². The summed E-state index contributed by atoms with van der Waals surface area (Å²) in [6.07, 6.45) is 6.72. The quantitative estimate of drug-likeness (QED) is 0.426. The molecule has 0 saturated carbocycles. The van der Waals surface area contributed by atoms with Crippen LogP contribution in [0, 0.1) is 17.7 Å². The van der Waals surface area contributed by atoms with E-state index in [1.165, 1.54) is 6.07 Å². The van der Waals surface area contributed by atoms with E-state index >= 15 is 0 Å². The molecule has 5 heterocycles. The lowest BCUT2D eigenvalue weighted by atomic mass is 10.1. The van der Waals surface area contributed by atoms with E-state index in [2.05, 4.69) is 47.0 Å². The first kappa shape index (κ1) is 19.0. The first-order valence-electron chi connectivity index (χ1n) is 10.2. The average Bonchev–Trinajstić information content (AvgIpc) is 3.49. The van der Waals surface area contributed by atoms with Crippen molar-refractivity contribution in [3.05, 3.63) is 89.4 Å². The van der Waals surface area contributed by atoms with E-state index < -0.39 is 0 Å². The van der Waals surface area contributed by atoms with Crippen LogP contribution in [0.25, 0.3) is 22.6 Å². The Hall–Kier alpha value is -4.71. The van der Waals surface area contributed by atoms with Crippen LogP contribution in [0.3, 0.4) is 0 Å². The Morgan fingerprint density at radius 2 is 1.79 bits per heavy atom. The van der Waals surface area contributed by atoms with Gasteiger partial charge in [-0.25, -0.2) is 29.3 Å². The van der Waals surface area contributed by atoms with Crippen LogP contribution >= 0.6 is 0 Å². The molecule has 4 aromatic heterocycles. The van der Waals surface area contributed by atoms with Crippen molar-refractivity contribution in [1.29, 1.82) is 0 Å². The Bertz CT molecular complexity index is 1570. The fourth-order valence-electron chi connectivity index (χ4n) is 3.72. The summed E-state index contributed by atoms with van der Waals surface area (Å²) in [5, 5.41) is 7.68. The molecule has 0 atom stereocenters. The summed E-state index contributed by atoms with van der Waals surface area (Å²) >= 11 is 0. The number of rotatable bonds is 2. The minimum Gasteiger partial charge on any atom is -0.332 e. The number of benzene rings is 1. The normalized spacial score (nSPS) is 12.5. The molecule has 0 radical (unpaired) electrons. The van der Waals surface area contributed by atoms with Gasteiger partial charge >= 0.3 is 0 Å². The molecule has 6 rings (SSSR count). The summed E-state index contributed by atoms with van der Waals surface area (Å²) in [5.41, 5.74) is 4.65. The number of aromatic nitrogens is 7. The van der Waals surface area contributed by atoms with Gasteiger partial charge in [-0.3, -0.25) is 5.10 Å². The lowest BCUT2D eigenvalue weighted by Gasteiger charge is -2.15. The van der Waals surface area contributed by atoms with Crippen molar-refractivity contribution in [3.8, 4) is 23.4 Å². The number of hydrogen-bond acceptors (Lipinski definition) is 7. The molecule has 0 fully saturated rings. The van der Waals surface area contributed by atoms with Crippen molar-refractivity contribution < 1.29 is 4.39 Å². The molecule has 9 heteroatoms. The van der Waals surface area contributed by atoms with Crippen LogP contribution in [-0.4, -0.2) is 35.1 Å². The molecular weight excluding hydrogens is 419 g/mol. The lowest BCUT2D eigenvalue weighted by molar-refractivity contribution is 0.626. The molecule has 0 unspecified atom stereocenters. The second kappa shape index (κ2) is 7.76. The predicted molar refractivity (Wildman–Crippen MR) is 119 cm³/mol. The highest BCUT2D eigenvalue weighted by Gasteiger charge is 2.22. The van der Waals surface area contributed by atoms with E-state index in [4.69, 9.17) is 0 Å². The maximum absolute atomic E-state index is 13.6. The van der Waals surface area contributed by atoms with Crippen molar-refractivity contribution in [2.45, 2.75) is 13.1 Å². The van der Waals surface area contributed by atoms with Gasteiger partial charge in [-0.1, -0.05) is 12.0 Å². The SMILES string of the molecule is Fc1ccc2c(c1)CN(c1nccc(-c3nccc(C#Cc4cnc5[nH]ncc5c4)n3)n1)C2. The average molecular weight is 434 g/mol. The number of anilines is 1. The molecule has 0 spiro atoms. The van der Waals surface area contributed by atoms with Gasteiger partial charge < -0.3 is 4.90 Å². The van der Waals surface area contributed by atoms with Gasteiger partial charge in [0.1, 0.15) is 17.2 Å². The molecule has 0 saturated heterocycles. The van der Waals surface area contributed by atoms with Crippen molar-refractivity contribution >= 4 is 17.0 Å². The summed E-state index contributed by atoms with van der Waals surface area (Å²) in [7, 11) is 0. The van der Waals surface area contributed by atoms with Gasteiger partial charge in [0, 0.05) is 42.6 Å². The lowest BCUT2D eigenvalue weighted by Crippen LogP contribution is -2.17. The highest BCUT2D eigenvalue weighted by atomic mass is 19.1. The van der Waals surface area contributed by atoms with E-state index in [1.54, 1.807) is 49.1 Å². The van der Waals surface area contributed by atoms with Crippen LogP contribution in [0.2, 0.25) is 0 Å². The van der Waals surface area contributed by atoms with Gasteiger partial charge in [-0.05, 0) is 47.4 Å². The molecule has 0 bridgehead atoms. The van der Waals surface area contributed by atoms with Gasteiger partial charge in [0.15, 0.2) is 11.5 Å². The molecule has 0 aliphatic carbocycles. The second-order valence-electron chi connectivity index (χ2n) is 7.56. The monoisotopic (exact) mass is 434 g/mol. The Morgan fingerprint density at radius 1 is 0.879 bits per heavy atom. The zero-order valence-corrected chi connectivity index (χ0v) is 17.2. The minimum atomic E-state index is -0.239. The predicted octanol–water partition coefficient (Wildman–Crippen LogP) is 3.26. The summed E-state index contributed by atoms with van der Waals surface area (Å²) in [4.78, 5) is 24.2. The standard InChI is InChI=1S/C24H15FN8/c25-19-3-2-16-13-33(14-18(16)10-19)24-27-8-6-21(31-24)23-26-7-5-20(30-23)4-1-15-9-17-12-29-32-22(17)28-11-15/h2-3,5-12H,13-14H2,(H,28,29,32). The Labute approximate surface area is 187 Å². The van der Waals surface area contributed by atoms with E-state index in [9.17, 15) is 4.39 Å². The summed E-state index contributed by atoms with van der Waals surface area (Å²) in [5.74, 6) is 6.89. The number of H-pyrrole nitrogens is 1. The third-order valence-electron chi connectivity index (χ3n) is 5.33. The molecular formula is C24H15FN8. The molecule has 1 aliphatic rings. The first-order valence-corrected chi connectivity index (χ1v) is 10.2. The third-order valence-corrected chi connectivity index (χ3v) is 5.33. The molecule has 158 valence electrons. The molecule has 8 nitrogen and oxygen atoms in total. The molecule has 1 aliphatic heterocycles. The number of pyridine rings is 1. The third kappa shape index (κ3) is 3.74. The van der Waals surface area contributed by atoms with Crippen molar-refractivity contribution in [1.82, 2.24) is 35.1 Å². The number of nitrogens with one attached hydrogen (secondary N) is 1.